The lowest BCUT2D eigenvalue weighted by atomic mass is 10.2. The van der Waals surface area contributed by atoms with Crippen molar-refractivity contribution in [3.8, 4) is 0 Å². The standard InChI is InChI=1S/C12H22O5Si/c1-7-15-11(13)9(3)10(12(14)16-8-2)17-18(4,5)6/h7-8H2,1-6H3/b10-9+. The Morgan fingerprint density at radius 3 is 1.78 bits per heavy atom. The molecular formula is C12H22O5Si. The predicted molar refractivity (Wildman–Crippen MR) is 70.4 cm³/mol. The molecule has 0 aromatic rings. The summed E-state index contributed by atoms with van der Waals surface area (Å²) in [5.41, 5.74) is 0.151. The van der Waals surface area contributed by atoms with Crippen molar-refractivity contribution in [3.63, 3.8) is 0 Å². The summed E-state index contributed by atoms with van der Waals surface area (Å²) >= 11 is 0. The van der Waals surface area contributed by atoms with Crippen molar-refractivity contribution < 1.29 is 23.5 Å². The zero-order valence-electron chi connectivity index (χ0n) is 12.0. The van der Waals surface area contributed by atoms with Crippen molar-refractivity contribution in [3.05, 3.63) is 11.3 Å². The van der Waals surface area contributed by atoms with Crippen LogP contribution in [0.4, 0.5) is 0 Å². The van der Waals surface area contributed by atoms with Gasteiger partial charge < -0.3 is 13.9 Å². The average molecular weight is 274 g/mol. The Labute approximate surface area is 109 Å². The van der Waals surface area contributed by atoms with Gasteiger partial charge in [0.15, 0.2) is 0 Å². The zero-order valence-corrected chi connectivity index (χ0v) is 13.0. The van der Waals surface area contributed by atoms with Crippen LogP contribution in [0.25, 0.3) is 0 Å². The molecule has 0 radical (unpaired) electrons. The zero-order chi connectivity index (χ0) is 14.3. The number of hydrogen-bond acceptors (Lipinski definition) is 5. The lowest BCUT2D eigenvalue weighted by molar-refractivity contribution is -0.144. The first-order chi connectivity index (χ1) is 8.22. The summed E-state index contributed by atoms with van der Waals surface area (Å²) in [5, 5.41) is 0. The Morgan fingerprint density at radius 2 is 1.39 bits per heavy atom. The number of carbonyl (C=O) groups excluding carboxylic acids is 2. The third-order valence-corrected chi connectivity index (χ3v) is 2.61. The van der Waals surface area contributed by atoms with Gasteiger partial charge in [-0.05, 0) is 40.4 Å². The first-order valence-corrected chi connectivity index (χ1v) is 9.37. The molecule has 0 saturated carbocycles. The fourth-order valence-corrected chi connectivity index (χ4v) is 1.95. The minimum absolute atomic E-state index is 0.0329. The van der Waals surface area contributed by atoms with Gasteiger partial charge in [0.2, 0.25) is 14.1 Å². The van der Waals surface area contributed by atoms with E-state index >= 15 is 0 Å². The Kier molecular flexibility index (Phi) is 6.68. The van der Waals surface area contributed by atoms with Crippen molar-refractivity contribution >= 4 is 20.3 Å². The molecule has 5 nitrogen and oxygen atoms in total. The van der Waals surface area contributed by atoms with Gasteiger partial charge in [-0.3, -0.25) is 0 Å². The second-order valence-electron chi connectivity index (χ2n) is 4.61. The molecule has 0 aromatic carbocycles. The minimum Gasteiger partial charge on any atom is -0.539 e. The topological polar surface area (TPSA) is 61.8 Å². The number of carbonyl (C=O) groups is 2. The van der Waals surface area contributed by atoms with E-state index in [-0.39, 0.29) is 24.5 Å². The molecule has 0 aliphatic heterocycles. The Balaban J connectivity index is 5.24. The molecule has 0 spiro atoms. The number of ether oxygens (including phenoxy) is 2. The van der Waals surface area contributed by atoms with Crippen LogP contribution in [0.15, 0.2) is 11.3 Å². The molecule has 0 aliphatic rings. The molecule has 0 atom stereocenters. The van der Waals surface area contributed by atoms with E-state index in [0.717, 1.165) is 0 Å². The first kappa shape index (κ1) is 16.7. The summed E-state index contributed by atoms with van der Waals surface area (Å²) < 4.78 is 15.4. The highest BCUT2D eigenvalue weighted by Crippen LogP contribution is 2.17. The molecule has 0 heterocycles. The Morgan fingerprint density at radius 1 is 0.944 bits per heavy atom. The van der Waals surface area contributed by atoms with Gasteiger partial charge in [0.25, 0.3) is 0 Å². The van der Waals surface area contributed by atoms with Crippen molar-refractivity contribution in [2.75, 3.05) is 13.2 Å². The van der Waals surface area contributed by atoms with Crippen LogP contribution in [0, 0.1) is 0 Å². The monoisotopic (exact) mass is 274 g/mol. The second kappa shape index (κ2) is 7.20. The van der Waals surface area contributed by atoms with E-state index in [2.05, 4.69) is 0 Å². The van der Waals surface area contributed by atoms with E-state index in [9.17, 15) is 9.59 Å². The van der Waals surface area contributed by atoms with Gasteiger partial charge in [-0.2, -0.15) is 0 Å². The van der Waals surface area contributed by atoms with Crippen molar-refractivity contribution in [1.82, 2.24) is 0 Å². The SMILES string of the molecule is CCOC(=O)/C(C)=C(/O[Si](C)(C)C)C(=O)OCC. The van der Waals surface area contributed by atoms with Gasteiger partial charge >= 0.3 is 11.9 Å². The molecular weight excluding hydrogens is 252 g/mol. The molecule has 0 N–H and O–H groups in total. The normalized spacial score (nSPS) is 12.6. The molecule has 18 heavy (non-hydrogen) atoms. The quantitative estimate of drug-likeness (QED) is 0.322. The summed E-state index contributed by atoms with van der Waals surface area (Å²) in [6, 6.07) is 0. The molecule has 0 bridgehead atoms. The van der Waals surface area contributed by atoms with Crippen LogP contribution < -0.4 is 0 Å². The van der Waals surface area contributed by atoms with Gasteiger partial charge in [0.05, 0.1) is 18.8 Å². The highest BCUT2D eigenvalue weighted by Gasteiger charge is 2.27. The van der Waals surface area contributed by atoms with Gasteiger partial charge in [-0.25, -0.2) is 9.59 Å². The molecule has 0 aliphatic carbocycles. The van der Waals surface area contributed by atoms with Crippen LogP contribution in [-0.2, 0) is 23.5 Å². The maximum Gasteiger partial charge on any atom is 0.372 e. The van der Waals surface area contributed by atoms with E-state index in [1.165, 1.54) is 6.92 Å². The lowest BCUT2D eigenvalue weighted by Crippen LogP contribution is -2.30. The smallest absolute Gasteiger partial charge is 0.372 e. The number of esters is 2. The average Bonchev–Trinajstić information content (AvgIpc) is 2.24. The molecule has 0 rings (SSSR count). The summed E-state index contributed by atoms with van der Waals surface area (Å²) in [7, 11) is -2.01. The molecule has 0 unspecified atom stereocenters. The van der Waals surface area contributed by atoms with Crippen LogP contribution in [0.1, 0.15) is 20.8 Å². The van der Waals surface area contributed by atoms with Crippen LogP contribution >= 0.6 is 0 Å². The second-order valence-corrected chi connectivity index (χ2v) is 9.04. The van der Waals surface area contributed by atoms with Crippen molar-refractivity contribution in [2.45, 2.75) is 40.4 Å². The molecule has 0 aromatic heterocycles. The third kappa shape index (κ3) is 5.86. The fraction of sp³-hybridized carbons (Fsp3) is 0.667. The summed E-state index contributed by atoms with van der Waals surface area (Å²) in [6.07, 6.45) is 0. The Hall–Kier alpha value is -1.30. The molecule has 6 heteroatoms. The molecule has 0 saturated heterocycles. The molecule has 104 valence electrons. The van der Waals surface area contributed by atoms with Crippen molar-refractivity contribution in [2.24, 2.45) is 0 Å². The summed E-state index contributed by atoms with van der Waals surface area (Å²) in [4.78, 5) is 23.4. The van der Waals surface area contributed by atoms with Crippen LogP contribution in [-0.4, -0.2) is 33.5 Å². The van der Waals surface area contributed by atoms with Gasteiger partial charge in [0.1, 0.15) is 0 Å². The summed E-state index contributed by atoms with van der Waals surface area (Å²) in [6.45, 7) is 11.1. The van der Waals surface area contributed by atoms with Gasteiger partial charge in [-0.15, -0.1) is 0 Å². The van der Waals surface area contributed by atoms with Crippen LogP contribution in [0.5, 0.6) is 0 Å². The summed E-state index contributed by atoms with van der Waals surface area (Å²) in [5.74, 6) is -1.21. The predicted octanol–water partition coefficient (Wildman–Crippen LogP) is 2.24. The van der Waals surface area contributed by atoms with Crippen molar-refractivity contribution in [1.29, 1.82) is 0 Å². The van der Waals surface area contributed by atoms with E-state index in [4.69, 9.17) is 13.9 Å². The molecule has 0 fully saturated rings. The lowest BCUT2D eigenvalue weighted by Gasteiger charge is -2.22. The first-order valence-electron chi connectivity index (χ1n) is 5.97. The number of rotatable bonds is 6. The highest BCUT2D eigenvalue weighted by atomic mass is 28.4. The Bertz CT molecular complexity index is 341. The van der Waals surface area contributed by atoms with Gasteiger partial charge in [-0.1, -0.05) is 0 Å². The van der Waals surface area contributed by atoms with Crippen LogP contribution in [0.3, 0.4) is 0 Å². The fourth-order valence-electron chi connectivity index (χ4n) is 1.11. The third-order valence-electron chi connectivity index (χ3n) is 1.79. The van der Waals surface area contributed by atoms with E-state index in [0.29, 0.717) is 0 Å². The van der Waals surface area contributed by atoms with Gasteiger partial charge in [0, 0.05) is 0 Å². The molecule has 0 amide bonds. The van der Waals surface area contributed by atoms with E-state index < -0.39 is 20.3 Å². The largest absolute Gasteiger partial charge is 0.539 e. The van der Waals surface area contributed by atoms with Crippen LogP contribution in [0.2, 0.25) is 19.6 Å². The van der Waals surface area contributed by atoms with E-state index in [1.807, 2.05) is 19.6 Å². The van der Waals surface area contributed by atoms with E-state index in [1.54, 1.807) is 13.8 Å². The maximum atomic E-state index is 11.8. The highest BCUT2D eigenvalue weighted by molar-refractivity contribution is 6.70. The number of hydrogen-bond donors (Lipinski definition) is 0. The maximum absolute atomic E-state index is 11.8. The minimum atomic E-state index is -2.01.